The summed E-state index contributed by atoms with van der Waals surface area (Å²) in [6.07, 6.45) is 2.82. The zero-order valence-corrected chi connectivity index (χ0v) is 16.3. The van der Waals surface area contributed by atoms with E-state index in [1.807, 2.05) is 36.4 Å². The van der Waals surface area contributed by atoms with Gasteiger partial charge in [0, 0.05) is 38.1 Å². The standard InChI is InChI=1S/C21H26N4O3/c1-24(2)19(26)14-21(28)10-6-12-25(15-21)20(27)23-17-9-11-22-18(13-17)16-7-4-3-5-8-16/h3-5,7-9,11,13,28H,6,10,12,14-15H2,1-2H3,(H,22,23,27). The number of carbonyl (C=O) groups is 2. The van der Waals surface area contributed by atoms with Crippen molar-refractivity contribution in [1.82, 2.24) is 14.8 Å². The summed E-state index contributed by atoms with van der Waals surface area (Å²) in [6, 6.07) is 13.0. The maximum absolute atomic E-state index is 12.7. The summed E-state index contributed by atoms with van der Waals surface area (Å²) in [4.78, 5) is 32.1. The van der Waals surface area contributed by atoms with Crippen LogP contribution in [0.1, 0.15) is 19.3 Å². The second-order valence-electron chi connectivity index (χ2n) is 7.44. The second-order valence-corrected chi connectivity index (χ2v) is 7.44. The number of carbonyl (C=O) groups excluding carboxylic acids is 2. The lowest BCUT2D eigenvalue weighted by atomic mass is 9.89. The smallest absolute Gasteiger partial charge is 0.321 e. The van der Waals surface area contributed by atoms with Gasteiger partial charge in [0.1, 0.15) is 0 Å². The third-order valence-corrected chi connectivity index (χ3v) is 4.90. The number of β-amino-alcohol motifs (C(OH)–C–C–N with tert-alkyl or cyclic N) is 1. The summed E-state index contributed by atoms with van der Waals surface area (Å²) in [5.74, 6) is -0.147. The maximum atomic E-state index is 12.7. The zero-order chi connectivity index (χ0) is 20.1. The molecule has 0 radical (unpaired) electrons. The number of likely N-dealkylation sites (tertiary alicyclic amines) is 1. The van der Waals surface area contributed by atoms with Gasteiger partial charge in [-0.15, -0.1) is 0 Å². The number of aromatic nitrogens is 1. The maximum Gasteiger partial charge on any atom is 0.321 e. The molecule has 3 rings (SSSR count). The first kappa shape index (κ1) is 19.8. The molecule has 148 valence electrons. The fourth-order valence-corrected chi connectivity index (χ4v) is 3.35. The van der Waals surface area contributed by atoms with Gasteiger partial charge in [-0.1, -0.05) is 30.3 Å². The molecule has 2 aromatic rings. The highest BCUT2D eigenvalue weighted by molar-refractivity contribution is 5.90. The molecule has 0 saturated carbocycles. The van der Waals surface area contributed by atoms with E-state index in [2.05, 4.69) is 10.3 Å². The van der Waals surface area contributed by atoms with E-state index in [4.69, 9.17) is 0 Å². The van der Waals surface area contributed by atoms with Crippen molar-refractivity contribution in [3.8, 4) is 11.3 Å². The van der Waals surface area contributed by atoms with Crippen LogP contribution in [0.4, 0.5) is 10.5 Å². The number of urea groups is 1. The van der Waals surface area contributed by atoms with Gasteiger partial charge in [0.2, 0.25) is 5.91 Å². The normalized spacial score (nSPS) is 19.2. The van der Waals surface area contributed by atoms with E-state index in [9.17, 15) is 14.7 Å². The van der Waals surface area contributed by atoms with Crippen LogP contribution in [0.3, 0.4) is 0 Å². The topological polar surface area (TPSA) is 85.8 Å². The quantitative estimate of drug-likeness (QED) is 0.851. The van der Waals surface area contributed by atoms with Gasteiger partial charge >= 0.3 is 6.03 Å². The average Bonchev–Trinajstić information content (AvgIpc) is 2.68. The number of anilines is 1. The van der Waals surface area contributed by atoms with E-state index in [0.29, 0.717) is 25.1 Å². The number of piperidine rings is 1. The molecule has 7 heteroatoms. The van der Waals surface area contributed by atoms with E-state index in [-0.39, 0.29) is 24.9 Å². The highest BCUT2D eigenvalue weighted by atomic mass is 16.3. The monoisotopic (exact) mass is 382 g/mol. The lowest BCUT2D eigenvalue weighted by Gasteiger charge is -2.39. The Morgan fingerprint density at radius 3 is 2.71 bits per heavy atom. The molecule has 1 unspecified atom stereocenters. The molecule has 0 aliphatic carbocycles. The predicted octanol–water partition coefficient (Wildman–Crippen LogP) is 2.59. The number of amides is 3. The minimum Gasteiger partial charge on any atom is -0.387 e. The van der Waals surface area contributed by atoms with Crippen LogP contribution >= 0.6 is 0 Å². The van der Waals surface area contributed by atoms with Crippen molar-refractivity contribution >= 4 is 17.6 Å². The molecule has 2 heterocycles. The first-order valence-electron chi connectivity index (χ1n) is 9.36. The highest BCUT2D eigenvalue weighted by Gasteiger charge is 2.37. The summed E-state index contributed by atoms with van der Waals surface area (Å²) >= 11 is 0. The number of rotatable bonds is 4. The lowest BCUT2D eigenvalue weighted by molar-refractivity contribution is -0.135. The zero-order valence-electron chi connectivity index (χ0n) is 16.3. The van der Waals surface area contributed by atoms with Crippen LogP contribution in [0.25, 0.3) is 11.3 Å². The molecule has 0 bridgehead atoms. The van der Waals surface area contributed by atoms with E-state index >= 15 is 0 Å². The van der Waals surface area contributed by atoms with Crippen molar-refractivity contribution < 1.29 is 14.7 Å². The molecule has 3 amide bonds. The minimum atomic E-state index is -1.19. The molecule has 7 nitrogen and oxygen atoms in total. The molecule has 1 aliphatic rings. The van der Waals surface area contributed by atoms with Gasteiger partial charge in [0.25, 0.3) is 0 Å². The molecule has 0 spiro atoms. The van der Waals surface area contributed by atoms with Gasteiger partial charge in [0.15, 0.2) is 0 Å². The molecule has 1 fully saturated rings. The van der Waals surface area contributed by atoms with E-state index in [0.717, 1.165) is 11.3 Å². The predicted molar refractivity (Wildman–Crippen MR) is 108 cm³/mol. The number of hydrogen-bond acceptors (Lipinski definition) is 4. The number of benzene rings is 1. The van der Waals surface area contributed by atoms with Crippen molar-refractivity contribution in [1.29, 1.82) is 0 Å². The second kappa shape index (κ2) is 8.39. The molecule has 1 aromatic heterocycles. The van der Waals surface area contributed by atoms with Crippen LogP contribution in [0.15, 0.2) is 48.7 Å². The third-order valence-electron chi connectivity index (χ3n) is 4.90. The van der Waals surface area contributed by atoms with Gasteiger partial charge in [0.05, 0.1) is 24.3 Å². The van der Waals surface area contributed by atoms with E-state index in [1.165, 1.54) is 4.90 Å². The summed E-state index contributed by atoms with van der Waals surface area (Å²) in [6.45, 7) is 0.677. The van der Waals surface area contributed by atoms with Gasteiger partial charge in [-0.05, 0) is 25.0 Å². The van der Waals surface area contributed by atoms with Crippen LogP contribution in [0, 0.1) is 0 Å². The van der Waals surface area contributed by atoms with Crippen LogP contribution in [0.5, 0.6) is 0 Å². The lowest BCUT2D eigenvalue weighted by Crippen LogP contribution is -2.53. The van der Waals surface area contributed by atoms with Gasteiger partial charge in [-0.2, -0.15) is 0 Å². The number of pyridine rings is 1. The van der Waals surface area contributed by atoms with Crippen molar-refractivity contribution in [2.75, 3.05) is 32.5 Å². The van der Waals surface area contributed by atoms with E-state index in [1.54, 1.807) is 31.3 Å². The fourth-order valence-electron chi connectivity index (χ4n) is 3.35. The highest BCUT2D eigenvalue weighted by Crippen LogP contribution is 2.26. The Labute approximate surface area is 165 Å². The number of nitrogens with one attached hydrogen (secondary N) is 1. The molecule has 1 aromatic carbocycles. The Hall–Kier alpha value is -2.93. The molecule has 28 heavy (non-hydrogen) atoms. The Bertz CT molecular complexity index is 841. The van der Waals surface area contributed by atoms with Crippen molar-refractivity contribution in [2.24, 2.45) is 0 Å². The molecule has 1 saturated heterocycles. The largest absolute Gasteiger partial charge is 0.387 e. The number of aliphatic hydroxyl groups is 1. The Kier molecular flexibility index (Phi) is 5.94. The number of nitrogens with zero attached hydrogens (tertiary/aromatic N) is 3. The molecule has 1 atom stereocenters. The molecular formula is C21H26N4O3. The first-order chi connectivity index (χ1) is 13.4. The van der Waals surface area contributed by atoms with Crippen LogP contribution in [0.2, 0.25) is 0 Å². The van der Waals surface area contributed by atoms with Crippen molar-refractivity contribution in [2.45, 2.75) is 24.9 Å². The Balaban J connectivity index is 1.67. The Morgan fingerprint density at radius 2 is 2.00 bits per heavy atom. The molecule has 2 N–H and O–H groups in total. The van der Waals surface area contributed by atoms with Gasteiger partial charge < -0.3 is 20.2 Å². The van der Waals surface area contributed by atoms with E-state index < -0.39 is 5.60 Å². The molecule has 1 aliphatic heterocycles. The summed E-state index contributed by atoms with van der Waals surface area (Å²) in [5, 5.41) is 13.7. The third kappa shape index (κ3) is 4.86. The first-order valence-corrected chi connectivity index (χ1v) is 9.36. The van der Waals surface area contributed by atoms with Crippen LogP contribution in [-0.4, -0.2) is 64.6 Å². The van der Waals surface area contributed by atoms with Gasteiger partial charge in [-0.25, -0.2) is 4.79 Å². The Morgan fingerprint density at radius 1 is 1.25 bits per heavy atom. The van der Waals surface area contributed by atoms with Crippen LogP contribution < -0.4 is 5.32 Å². The summed E-state index contributed by atoms with van der Waals surface area (Å²) < 4.78 is 0. The summed E-state index contributed by atoms with van der Waals surface area (Å²) in [5.41, 5.74) is 1.18. The molecular weight excluding hydrogens is 356 g/mol. The average molecular weight is 382 g/mol. The summed E-state index contributed by atoms with van der Waals surface area (Å²) in [7, 11) is 3.32. The minimum absolute atomic E-state index is 0.0111. The van der Waals surface area contributed by atoms with Gasteiger partial charge in [-0.3, -0.25) is 9.78 Å². The van der Waals surface area contributed by atoms with Crippen molar-refractivity contribution in [3.63, 3.8) is 0 Å². The number of hydrogen-bond donors (Lipinski definition) is 2. The fraction of sp³-hybridized carbons (Fsp3) is 0.381. The SMILES string of the molecule is CN(C)C(=O)CC1(O)CCCN(C(=O)Nc2ccnc(-c3ccccc3)c2)C1. The van der Waals surface area contributed by atoms with Crippen LogP contribution in [-0.2, 0) is 4.79 Å². The van der Waals surface area contributed by atoms with Crippen molar-refractivity contribution in [3.05, 3.63) is 48.7 Å².